The fraction of sp³-hybridized carbons (Fsp3) is 0.750. The second-order valence-electron chi connectivity index (χ2n) is 5.19. The number of aromatic nitrogens is 2. The van der Waals surface area contributed by atoms with Crippen LogP contribution in [0.15, 0.2) is 12.3 Å². The van der Waals surface area contributed by atoms with Crippen molar-refractivity contribution in [3.8, 4) is 0 Å². The molecule has 1 N–H and O–H groups in total. The molecule has 6 heteroatoms. The molecular formula is C12H21N3O2S. The van der Waals surface area contributed by atoms with Gasteiger partial charge in [-0.2, -0.15) is 5.10 Å². The Morgan fingerprint density at radius 2 is 2.11 bits per heavy atom. The SMILES string of the molecule is CC(C)n1ccc(CNC2CCS(=O)(=O)CC2)n1. The highest BCUT2D eigenvalue weighted by Crippen LogP contribution is 2.13. The molecule has 0 unspecified atom stereocenters. The minimum atomic E-state index is -2.77. The third-order valence-corrected chi connectivity index (χ3v) is 5.03. The van der Waals surface area contributed by atoms with Gasteiger partial charge in [-0.25, -0.2) is 8.42 Å². The first-order valence-corrected chi connectivity index (χ1v) is 8.26. The first kappa shape index (κ1) is 13.5. The van der Waals surface area contributed by atoms with Crippen LogP contribution < -0.4 is 5.32 Å². The van der Waals surface area contributed by atoms with Crippen molar-refractivity contribution in [1.82, 2.24) is 15.1 Å². The first-order valence-electron chi connectivity index (χ1n) is 6.44. The number of hydrogen-bond acceptors (Lipinski definition) is 4. The van der Waals surface area contributed by atoms with Gasteiger partial charge in [-0.15, -0.1) is 0 Å². The van der Waals surface area contributed by atoms with Gasteiger partial charge in [0.2, 0.25) is 0 Å². The fourth-order valence-electron chi connectivity index (χ4n) is 2.10. The van der Waals surface area contributed by atoms with Crippen LogP contribution in [0.1, 0.15) is 38.4 Å². The number of nitrogens with zero attached hydrogens (tertiary/aromatic N) is 2. The molecule has 0 spiro atoms. The summed E-state index contributed by atoms with van der Waals surface area (Å²) in [6, 6.07) is 2.68. The third kappa shape index (κ3) is 3.55. The molecule has 0 amide bonds. The molecule has 0 aliphatic carbocycles. The lowest BCUT2D eigenvalue weighted by molar-refractivity contribution is 0.454. The number of sulfone groups is 1. The molecule has 1 aromatic heterocycles. The summed E-state index contributed by atoms with van der Waals surface area (Å²) in [5.41, 5.74) is 1.01. The molecule has 2 heterocycles. The van der Waals surface area contributed by atoms with Gasteiger partial charge in [-0.05, 0) is 32.8 Å². The van der Waals surface area contributed by atoms with Gasteiger partial charge in [0.15, 0.2) is 0 Å². The molecule has 1 aliphatic rings. The van der Waals surface area contributed by atoms with E-state index in [1.807, 2.05) is 16.9 Å². The molecule has 18 heavy (non-hydrogen) atoms. The molecule has 0 saturated carbocycles. The van der Waals surface area contributed by atoms with E-state index in [2.05, 4.69) is 24.3 Å². The van der Waals surface area contributed by atoms with E-state index >= 15 is 0 Å². The third-order valence-electron chi connectivity index (χ3n) is 3.32. The molecular weight excluding hydrogens is 250 g/mol. The Balaban J connectivity index is 1.81. The van der Waals surface area contributed by atoms with Gasteiger partial charge in [-0.3, -0.25) is 4.68 Å². The van der Waals surface area contributed by atoms with E-state index in [1.54, 1.807) is 0 Å². The van der Waals surface area contributed by atoms with Gasteiger partial charge in [0.1, 0.15) is 9.84 Å². The minimum Gasteiger partial charge on any atom is -0.308 e. The van der Waals surface area contributed by atoms with E-state index in [1.165, 1.54) is 0 Å². The van der Waals surface area contributed by atoms with Gasteiger partial charge in [0, 0.05) is 24.8 Å². The van der Waals surface area contributed by atoms with E-state index in [0.717, 1.165) is 5.69 Å². The molecule has 1 aliphatic heterocycles. The summed E-state index contributed by atoms with van der Waals surface area (Å²) >= 11 is 0. The fourth-order valence-corrected chi connectivity index (χ4v) is 3.59. The first-order chi connectivity index (χ1) is 8.46. The summed E-state index contributed by atoms with van der Waals surface area (Å²) in [6.45, 7) is 4.90. The smallest absolute Gasteiger partial charge is 0.150 e. The van der Waals surface area contributed by atoms with Crippen molar-refractivity contribution >= 4 is 9.84 Å². The van der Waals surface area contributed by atoms with E-state index in [4.69, 9.17) is 0 Å². The predicted octanol–water partition coefficient (Wildman–Crippen LogP) is 1.13. The zero-order chi connectivity index (χ0) is 13.2. The monoisotopic (exact) mass is 271 g/mol. The van der Waals surface area contributed by atoms with Gasteiger partial charge >= 0.3 is 0 Å². The van der Waals surface area contributed by atoms with Crippen molar-refractivity contribution in [2.45, 2.75) is 45.3 Å². The standard InChI is InChI=1S/C12H21N3O2S/c1-10(2)15-6-3-12(14-15)9-13-11-4-7-18(16,17)8-5-11/h3,6,10-11,13H,4-5,7-9H2,1-2H3. The van der Waals surface area contributed by atoms with Crippen molar-refractivity contribution in [2.75, 3.05) is 11.5 Å². The Hall–Kier alpha value is -0.880. The lowest BCUT2D eigenvalue weighted by Gasteiger charge is -2.22. The van der Waals surface area contributed by atoms with Crippen molar-refractivity contribution < 1.29 is 8.42 Å². The molecule has 102 valence electrons. The number of nitrogens with one attached hydrogen (secondary N) is 1. The van der Waals surface area contributed by atoms with Gasteiger partial charge < -0.3 is 5.32 Å². The normalized spacial score (nSPS) is 20.4. The highest BCUT2D eigenvalue weighted by molar-refractivity contribution is 7.91. The number of rotatable bonds is 4. The van der Waals surface area contributed by atoms with E-state index < -0.39 is 9.84 Å². The summed E-state index contributed by atoms with van der Waals surface area (Å²) in [4.78, 5) is 0. The van der Waals surface area contributed by atoms with Crippen LogP contribution in [0.3, 0.4) is 0 Å². The molecule has 1 fully saturated rings. The second-order valence-corrected chi connectivity index (χ2v) is 7.49. The largest absolute Gasteiger partial charge is 0.308 e. The lowest BCUT2D eigenvalue weighted by Crippen LogP contribution is -2.37. The highest BCUT2D eigenvalue weighted by Gasteiger charge is 2.23. The summed E-state index contributed by atoms with van der Waals surface area (Å²) in [5.74, 6) is 0.621. The number of hydrogen-bond donors (Lipinski definition) is 1. The second kappa shape index (κ2) is 5.40. The van der Waals surface area contributed by atoms with Crippen LogP contribution in [-0.2, 0) is 16.4 Å². The molecule has 5 nitrogen and oxygen atoms in total. The van der Waals surface area contributed by atoms with Crippen molar-refractivity contribution in [2.24, 2.45) is 0 Å². The maximum absolute atomic E-state index is 11.3. The molecule has 0 radical (unpaired) electrons. The van der Waals surface area contributed by atoms with Gasteiger partial charge in [0.05, 0.1) is 17.2 Å². The minimum absolute atomic E-state index is 0.303. The summed E-state index contributed by atoms with van der Waals surface area (Å²) < 4.78 is 24.5. The summed E-state index contributed by atoms with van der Waals surface area (Å²) in [5, 5.41) is 7.85. The zero-order valence-corrected chi connectivity index (χ0v) is 11.8. The van der Waals surface area contributed by atoms with Crippen LogP contribution in [0, 0.1) is 0 Å². The van der Waals surface area contributed by atoms with Crippen LogP contribution in [-0.4, -0.2) is 35.7 Å². The molecule has 0 aromatic carbocycles. The molecule has 1 aromatic rings. The summed E-state index contributed by atoms with van der Waals surface area (Å²) in [6.07, 6.45) is 3.41. The maximum Gasteiger partial charge on any atom is 0.150 e. The van der Waals surface area contributed by atoms with E-state index in [-0.39, 0.29) is 0 Å². The predicted molar refractivity (Wildman–Crippen MR) is 71.1 cm³/mol. The lowest BCUT2D eigenvalue weighted by atomic mass is 10.1. The van der Waals surface area contributed by atoms with Crippen LogP contribution in [0.4, 0.5) is 0 Å². The van der Waals surface area contributed by atoms with Crippen LogP contribution in [0.2, 0.25) is 0 Å². The van der Waals surface area contributed by atoms with Crippen molar-refractivity contribution in [3.63, 3.8) is 0 Å². The van der Waals surface area contributed by atoms with Gasteiger partial charge in [-0.1, -0.05) is 0 Å². The van der Waals surface area contributed by atoms with E-state index in [0.29, 0.717) is 43.0 Å². The quantitative estimate of drug-likeness (QED) is 0.891. The Labute approximate surface area is 108 Å². The molecule has 2 rings (SSSR count). The molecule has 1 saturated heterocycles. The molecule has 0 atom stereocenters. The van der Waals surface area contributed by atoms with Crippen LogP contribution >= 0.6 is 0 Å². The van der Waals surface area contributed by atoms with Crippen LogP contribution in [0.5, 0.6) is 0 Å². The Morgan fingerprint density at radius 1 is 1.44 bits per heavy atom. The maximum atomic E-state index is 11.3. The van der Waals surface area contributed by atoms with E-state index in [9.17, 15) is 8.42 Å². The van der Waals surface area contributed by atoms with Crippen molar-refractivity contribution in [1.29, 1.82) is 0 Å². The topological polar surface area (TPSA) is 64.0 Å². The Bertz CT molecular complexity index is 479. The van der Waals surface area contributed by atoms with Crippen molar-refractivity contribution in [3.05, 3.63) is 18.0 Å². The average Bonchev–Trinajstić information content (AvgIpc) is 2.76. The van der Waals surface area contributed by atoms with Gasteiger partial charge in [0.25, 0.3) is 0 Å². The Kier molecular flexibility index (Phi) is 4.07. The molecule has 0 bridgehead atoms. The van der Waals surface area contributed by atoms with Crippen LogP contribution in [0.25, 0.3) is 0 Å². The summed E-state index contributed by atoms with van der Waals surface area (Å²) in [7, 11) is -2.77. The zero-order valence-electron chi connectivity index (χ0n) is 11.0. The Morgan fingerprint density at radius 3 is 2.67 bits per heavy atom. The highest BCUT2D eigenvalue weighted by atomic mass is 32.2. The average molecular weight is 271 g/mol.